The molecule has 13 heavy (non-hydrogen) atoms. The van der Waals surface area contributed by atoms with Gasteiger partial charge in [-0.1, -0.05) is 0 Å². The molecule has 0 aromatic carbocycles. The third kappa shape index (κ3) is 7.70. The highest BCUT2D eigenvalue weighted by atomic mass is 16.4. The van der Waals surface area contributed by atoms with Crippen LogP contribution in [0.4, 0.5) is 0 Å². The summed E-state index contributed by atoms with van der Waals surface area (Å²) in [5.74, 6) is -1.03. The predicted molar refractivity (Wildman–Crippen MR) is 47.2 cm³/mol. The Morgan fingerprint density at radius 2 is 1.69 bits per heavy atom. The molecule has 0 radical (unpaired) electrons. The molecule has 0 spiro atoms. The van der Waals surface area contributed by atoms with Gasteiger partial charge < -0.3 is 21.1 Å². The molecule has 5 heteroatoms. The third-order valence-electron chi connectivity index (χ3n) is 1.74. The van der Waals surface area contributed by atoms with Gasteiger partial charge in [0.2, 0.25) is 0 Å². The molecule has 2 unspecified atom stereocenters. The second-order valence-corrected chi connectivity index (χ2v) is 3.06. The Morgan fingerprint density at radius 1 is 1.15 bits per heavy atom. The minimum atomic E-state index is -1.03. The van der Waals surface area contributed by atoms with Crippen molar-refractivity contribution in [2.24, 2.45) is 5.73 Å². The fourth-order valence-electron chi connectivity index (χ4n) is 1.03. The lowest BCUT2D eigenvalue weighted by Crippen LogP contribution is -2.18. The van der Waals surface area contributed by atoms with Gasteiger partial charge in [-0.15, -0.1) is 0 Å². The van der Waals surface area contributed by atoms with E-state index in [4.69, 9.17) is 15.9 Å². The number of hydrogen-bond donors (Lipinski definition) is 4. The van der Waals surface area contributed by atoms with Gasteiger partial charge >= 0.3 is 5.97 Å². The Bertz CT molecular complexity index is 151. The van der Waals surface area contributed by atoms with Gasteiger partial charge in [0.1, 0.15) is 0 Å². The molecule has 0 aromatic rings. The van der Waals surface area contributed by atoms with Crippen LogP contribution in [0.1, 0.15) is 25.7 Å². The summed E-state index contributed by atoms with van der Waals surface area (Å²) in [5, 5.41) is 26.6. The number of aliphatic carboxylic acids is 1. The summed E-state index contributed by atoms with van der Waals surface area (Å²) in [4.78, 5) is 10.1. The van der Waals surface area contributed by atoms with E-state index < -0.39 is 18.2 Å². The van der Waals surface area contributed by atoms with Crippen LogP contribution in [0.25, 0.3) is 0 Å². The Labute approximate surface area is 77.2 Å². The van der Waals surface area contributed by atoms with E-state index in [1.807, 2.05) is 0 Å². The van der Waals surface area contributed by atoms with Crippen LogP contribution < -0.4 is 5.73 Å². The average Bonchev–Trinajstić information content (AvgIpc) is 2.00. The number of carboxylic acid groups (broad SMARTS) is 1. The van der Waals surface area contributed by atoms with Crippen LogP contribution in [-0.2, 0) is 4.79 Å². The van der Waals surface area contributed by atoms with Gasteiger partial charge in [0.25, 0.3) is 0 Å². The standard InChI is InChI=1S/C8H17NO4/c9-4-3-6(10)1-2-7(11)5-8(12)13/h6-7,10-11H,1-5,9H2,(H,12,13). The van der Waals surface area contributed by atoms with Crippen molar-refractivity contribution in [3.05, 3.63) is 0 Å². The van der Waals surface area contributed by atoms with Crippen molar-refractivity contribution in [1.82, 2.24) is 0 Å². The van der Waals surface area contributed by atoms with Crippen LogP contribution in [-0.4, -0.2) is 40.0 Å². The Balaban J connectivity index is 3.45. The van der Waals surface area contributed by atoms with Gasteiger partial charge in [-0.25, -0.2) is 0 Å². The van der Waals surface area contributed by atoms with Gasteiger partial charge in [-0.2, -0.15) is 0 Å². The van der Waals surface area contributed by atoms with Gasteiger partial charge in [-0.3, -0.25) is 4.79 Å². The number of rotatable bonds is 7. The van der Waals surface area contributed by atoms with Gasteiger partial charge in [0.05, 0.1) is 18.6 Å². The molecule has 2 atom stereocenters. The maximum Gasteiger partial charge on any atom is 0.305 e. The average molecular weight is 191 g/mol. The molecule has 0 amide bonds. The monoisotopic (exact) mass is 191 g/mol. The summed E-state index contributed by atoms with van der Waals surface area (Å²) < 4.78 is 0. The smallest absolute Gasteiger partial charge is 0.305 e. The molecule has 0 fully saturated rings. The lowest BCUT2D eigenvalue weighted by molar-refractivity contribution is -0.139. The zero-order valence-electron chi connectivity index (χ0n) is 7.52. The number of nitrogens with two attached hydrogens (primary N) is 1. The first-order valence-corrected chi connectivity index (χ1v) is 4.34. The molecule has 0 aliphatic rings. The number of aliphatic hydroxyl groups excluding tert-OH is 2. The predicted octanol–water partition coefficient (Wildman–Crippen LogP) is -0.688. The minimum Gasteiger partial charge on any atom is -0.481 e. The molecular formula is C8H17NO4. The molecule has 0 bridgehead atoms. The quantitative estimate of drug-likeness (QED) is 0.426. The van der Waals surface area contributed by atoms with Crippen LogP contribution in [0.2, 0.25) is 0 Å². The number of aliphatic hydroxyl groups is 2. The molecule has 0 rings (SSSR count). The van der Waals surface area contributed by atoms with E-state index in [1.54, 1.807) is 0 Å². The molecule has 0 saturated carbocycles. The third-order valence-corrected chi connectivity index (χ3v) is 1.74. The van der Waals surface area contributed by atoms with Crippen molar-refractivity contribution in [2.45, 2.75) is 37.9 Å². The van der Waals surface area contributed by atoms with E-state index in [0.717, 1.165) is 0 Å². The number of carboxylic acids is 1. The Hall–Kier alpha value is -0.650. The van der Waals surface area contributed by atoms with E-state index >= 15 is 0 Å². The van der Waals surface area contributed by atoms with Gasteiger partial charge in [-0.05, 0) is 25.8 Å². The fraction of sp³-hybridized carbons (Fsp3) is 0.875. The van der Waals surface area contributed by atoms with Crippen molar-refractivity contribution in [3.8, 4) is 0 Å². The number of hydrogen-bond acceptors (Lipinski definition) is 4. The molecule has 0 aliphatic heterocycles. The van der Waals surface area contributed by atoms with Gasteiger partial charge in [0, 0.05) is 0 Å². The summed E-state index contributed by atoms with van der Waals surface area (Å²) in [6.07, 6.45) is -0.493. The van der Waals surface area contributed by atoms with Crippen LogP contribution in [0.3, 0.4) is 0 Å². The second kappa shape index (κ2) is 6.82. The highest BCUT2D eigenvalue weighted by molar-refractivity contribution is 5.67. The topological polar surface area (TPSA) is 104 Å². The number of carbonyl (C=O) groups is 1. The fourth-order valence-corrected chi connectivity index (χ4v) is 1.03. The summed E-state index contributed by atoms with van der Waals surface area (Å²) in [6.45, 7) is 0.399. The van der Waals surface area contributed by atoms with Crippen LogP contribution in [0.15, 0.2) is 0 Å². The summed E-state index contributed by atoms with van der Waals surface area (Å²) in [7, 11) is 0. The summed E-state index contributed by atoms with van der Waals surface area (Å²) in [5.41, 5.74) is 5.20. The minimum absolute atomic E-state index is 0.269. The Kier molecular flexibility index (Phi) is 6.48. The summed E-state index contributed by atoms with van der Waals surface area (Å²) in [6, 6.07) is 0. The van der Waals surface area contributed by atoms with E-state index in [0.29, 0.717) is 25.8 Å². The molecule has 5 N–H and O–H groups in total. The van der Waals surface area contributed by atoms with E-state index in [2.05, 4.69) is 0 Å². The SMILES string of the molecule is NCCC(O)CCC(O)CC(=O)O. The first-order valence-electron chi connectivity index (χ1n) is 4.34. The van der Waals surface area contributed by atoms with Crippen LogP contribution in [0, 0.1) is 0 Å². The molecule has 0 aromatic heterocycles. The van der Waals surface area contributed by atoms with E-state index in [9.17, 15) is 9.90 Å². The van der Waals surface area contributed by atoms with E-state index in [1.165, 1.54) is 0 Å². The van der Waals surface area contributed by atoms with Gasteiger partial charge in [0.15, 0.2) is 0 Å². The zero-order valence-corrected chi connectivity index (χ0v) is 7.52. The highest BCUT2D eigenvalue weighted by Gasteiger charge is 2.11. The van der Waals surface area contributed by atoms with Crippen molar-refractivity contribution in [1.29, 1.82) is 0 Å². The highest BCUT2D eigenvalue weighted by Crippen LogP contribution is 2.06. The van der Waals surface area contributed by atoms with Crippen molar-refractivity contribution in [2.75, 3.05) is 6.54 Å². The first kappa shape index (κ1) is 12.3. The second-order valence-electron chi connectivity index (χ2n) is 3.06. The molecule has 78 valence electrons. The lowest BCUT2D eigenvalue weighted by atomic mass is 10.1. The maximum atomic E-state index is 10.1. The van der Waals surface area contributed by atoms with Crippen molar-refractivity contribution >= 4 is 5.97 Å². The van der Waals surface area contributed by atoms with Crippen molar-refractivity contribution < 1.29 is 20.1 Å². The van der Waals surface area contributed by atoms with Crippen molar-refractivity contribution in [3.63, 3.8) is 0 Å². The van der Waals surface area contributed by atoms with Crippen LogP contribution in [0.5, 0.6) is 0 Å². The van der Waals surface area contributed by atoms with Crippen LogP contribution >= 0.6 is 0 Å². The first-order chi connectivity index (χ1) is 6.06. The normalized spacial score (nSPS) is 15.3. The Morgan fingerprint density at radius 3 is 2.15 bits per heavy atom. The van der Waals surface area contributed by atoms with E-state index in [-0.39, 0.29) is 6.42 Å². The maximum absolute atomic E-state index is 10.1. The molecule has 0 saturated heterocycles. The molecule has 5 nitrogen and oxygen atoms in total. The largest absolute Gasteiger partial charge is 0.481 e. The molecular weight excluding hydrogens is 174 g/mol. The summed E-state index contributed by atoms with van der Waals surface area (Å²) >= 11 is 0. The molecule has 0 aliphatic carbocycles. The lowest BCUT2D eigenvalue weighted by Gasteiger charge is -2.11. The zero-order chi connectivity index (χ0) is 10.3. The molecule has 0 heterocycles.